The van der Waals surface area contributed by atoms with Crippen LogP contribution in [-0.2, 0) is 0 Å². The van der Waals surface area contributed by atoms with Crippen molar-refractivity contribution in [2.45, 2.75) is 0 Å². The van der Waals surface area contributed by atoms with Gasteiger partial charge in [0.25, 0.3) is 0 Å². The number of rotatable bonds is 2. The molecule has 4 N–H and O–H groups in total. The van der Waals surface area contributed by atoms with E-state index < -0.39 is 0 Å². The van der Waals surface area contributed by atoms with Gasteiger partial charge in [-0.2, -0.15) is 0 Å². The number of nitrogens with two attached hydrogens (primary N) is 2. The lowest BCUT2D eigenvalue weighted by atomic mass is 10.0. The number of para-hydroxylation sites is 1. The normalized spacial score (nSPS) is 10.0. The zero-order chi connectivity index (χ0) is 10.7. The highest BCUT2D eigenvalue weighted by Crippen LogP contribution is 2.27. The average Bonchev–Trinajstić information content (AvgIpc) is 2.30. The van der Waals surface area contributed by atoms with Gasteiger partial charge in [0, 0.05) is 5.56 Å². The van der Waals surface area contributed by atoms with Crippen molar-refractivity contribution in [1.29, 1.82) is 0 Å². The highest BCUT2D eigenvalue weighted by atomic mass is 15.6. The highest BCUT2D eigenvalue weighted by molar-refractivity contribution is 5.77. The maximum Gasteiger partial charge on any atom is 0.0775 e. The molecule has 0 aromatic heterocycles. The molecule has 15 heavy (non-hydrogen) atoms. The number of hydrogen-bond acceptors (Lipinski definition) is 3. The molecule has 0 saturated carbocycles. The number of nitrogens with zero attached hydrogens (tertiary/aromatic N) is 1. The van der Waals surface area contributed by atoms with Crippen molar-refractivity contribution in [1.82, 2.24) is 0 Å². The molecule has 3 nitrogen and oxygen atoms in total. The second-order valence-electron chi connectivity index (χ2n) is 3.29. The fourth-order valence-corrected chi connectivity index (χ4v) is 1.56. The van der Waals surface area contributed by atoms with Crippen molar-refractivity contribution in [3.63, 3.8) is 0 Å². The Bertz CT molecular complexity index is 438. The lowest BCUT2D eigenvalue weighted by molar-refractivity contribution is 0.926. The summed E-state index contributed by atoms with van der Waals surface area (Å²) < 4.78 is 0. The molecule has 0 spiro atoms. The van der Waals surface area contributed by atoms with Crippen LogP contribution in [0.3, 0.4) is 0 Å². The Balaban J connectivity index is 2.53. The maximum atomic E-state index is 5.56. The first kappa shape index (κ1) is 9.71. The number of hydrazine groups is 2. The molecule has 0 unspecified atom stereocenters. The summed E-state index contributed by atoms with van der Waals surface area (Å²) in [5.74, 6) is 11.1. The van der Waals surface area contributed by atoms with E-state index in [0.29, 0.717) is 0 Å². The Kier molecular flexibility index (Phi) is 2.67. The third-order valence-electron chi connectivity index (χ3n) is 2.27. The molecule has 0 atom stereocenters. The van der Waals surface area contributed by atoms with Crippen LogP contribution in [0.4, 0.5) is 5.69 Å². The van der Waals surface area contributed by atoms with Gasteiger partial charge in [0.15, 0.2) is 0 Å². The van der Waals surface area contributed by atoms with E-state index in [-0.39, 0.29) is 0 Å². The predicted molar refractivity (Wildman–Crippen MR) is 62.7 cm³/mol. The Labute approximate surface area is 88.9 Å². The second kappa shape index (κ2) is 4.13. The highest BCUT2D eigenvalue weighted by Gasteiger charge is 2.05. The molecule has 2 aromatic carbocycles. The third kappa shape index (κ3) is 1.98. The topological polar surface area (TPSA) is 55.3 Å². The molecule has 0 amide bonds. The summed E-state index contributed by atoms with van der Waals surface area (Å²) in [4.78, 5) is 0. The van der Waals surface area contributed by atoms with E-state index in [1.54, 1.807) is 0 Å². The monoisotopic (exact) mass is 199 g/mol. The van der Waals surface area contributed by atoms with E-state index in [2.05, 4.69) is 0 Å². The van der Waals surface area contributed by atoms with E-state index in [4.69, 9.17) is 11.7 Å². The molecular weight excluding hydrogens is 186 g/mol. The molecule has 0 radical (unpaired) electrons. The van der Waals surface area contributed by atoms with E-state index in [9.17, 15) is 0 Å². The summed E-state index contributed by atoms with van der Waals surface area (Å²) in [7, 11) is 0. The molecule has 0 aliphatic carbocycles. The van der Waals surface area contributed by atoms with E-state index in [0.717, 1.165) is 21.9 Å². The first-order valence-corrected chi connectivity index (χ1v) is 4.73. The van der Waals surface area contributed by atoms with Gasteiger partial charge >= 0.3 is 0 Å². The first-order valence-electron chi connectivity index (χ1n) is 4.73. The minimum absolute atomic E-state index is 0.809. The van der Waals surface area contributed by atoms with Gasteiger partial charge in [0.05, 0.1) is 5.69 Å². The summed E-state index contributed by atoms with van der Waals surface area (Å²) in [6.45, 7) is 0. The van der Waals surface area contributed by atoms with Crippen LogP contribution in [0.1, 0.15) is 0 Å². The van der Waals surface area contributed by atoms with Crippen LogP contribution < -0.4 is 16.8 Å². The molecule has 0 aliphatic heterocycles. The lowest BCUT2D eigenvalue weighted by Crippen LogP contribution is -2.38. The van der Waals surface area contributed by atoms with Crippen molar-refractivity contribution >= 4 is 5.69 Å². The minimum Gasteiger partial charge on any atom is -0.246 e. The van der Waals surface area contributed by atoms with E-state index in [1.807, 2.05) is 54.6 Å². The first-order chi connectivity index (χ1) is 7.29. The van der Waals surface area contributed by atoms with Crippen molar-refractivity contribution < 1.29 is 0 Å². The smallest absolute Gasteiger partial charge is 0.0775 e. The van der Waals surface area contributed by atoms with Gasteiger partial charge in [-0.15, -0.1) is 0 Å². The third-order valence-corrected chi connectivity index (χ3v) is 2.27. The van der Waals surface area contributed by atoms with Crippen LogP contribution in [0.15, 0.2) is 54.6 Å². The van der Waals surface area contributed by atoms with Crippen molar-refractivity contribution in [3.05, 3.63) is 54.6 Å². The number of hydrogen-bond donors (Lipinski definition) is 2. The van der Waals surface area contributed by atoms with Gasteiger partial charge in [-0.3, -0.25) is 0 Å². The van der Waals surface area contributed by atoms with Gasteiger partial charge in [0.1, 0.15) is 0 Å². The standard InChI is InChI=1S/C12H13N3/c13-15(14)12-9-5-4-8-11(12)10-6-2-1-3-7-10/h1-9H,13-14H2. The Morgan fingerprint density at radius 2 is 1.33 bits per heavy atom. The van der Waals surface area contributed by atoms with E-state index >= 15 is 0 Å². The van der Waals surface area contributed by atoms with Gasteiger partial charge < -0.3 is 0 Å². The average molecular weight is 199 g/mol. The van der Waals surface area contributed by atoms with E-state index in [1.165, 1.54) is 0 Å². The van der Waals surface area contributed by atoms with Gasteiger partial charge in [-0.25, -0.2) is 16.8 Å². The molecular formula is C12H13N3. The number of anilines is 1. The predicted octanol–water partition coefficient (Wildman–Crippen LogP) is 1.91. The van der Waals surface area contributed by atoms with Crippen LogP contribution in [0.5, 0.6) is 0 Å². The van der Waals surface area contributed by atoms with Crippen LogP contribution in [0.25, 0.3) is 11.1 Å². The van der Waals surface area contributed by atoms with Crippen LogP contribution >= 0.6 is 0 Å². The van der Waals surface area contributed by atoms with Crippen LogP contribution in [0.2, 0.25) is 0 Å². The molecule has 0 fully saturated rings. The molecule has 2 rings (SSSR count). The Morgan fingerprint density at radius 1 is 0.733 bits per heavy atom. The van der Waals surface area contributed by atoms with Gasteiger partial charge in [-0.05, 0) is 11.6 Å². The molecule has 0 aliphatic rings. The SMILES string of the molecule is NN(N)c1ccccc1-c1ccccc1. The molecule has 76 valence electrons. The largest absolute Gasteiger partial charge is 0.246 e. The zero-order valence-electron chi connectivity index (χ0n) is 8.30. The lowest BCUT2D eigenvalue weighted by Gasteiger charge is -2.16. The summed E-state index contributed by atoms with van der Waals surface area (Å²) in [6.07, 6.45) is 0. The van der Waals surface area contributed by atoms with Crippen molar-refractivity contribution in [2.24, 2.45) is 11.7 Å². The summed E-state index contributed by atoms with van der Waals surface area (Å²) in [5.41, 5.74) is 2.95. The molecule has 0 saturated heterocycles. The fraction of sp³-hybridized carbons (Fsp3) is 0. The zero-order valence-corrected chi connectivity index (χ0v) is 8.30. The van der Waals surface area contributed by atoms with Crippen LogP contribution in [-0.4, -0.2) is 0 Å². The quantitative estimate of drug-likeness (QED) is 0.573. The summed E-state index contributed by atoms with van der Waals surface area (Å²) in [6, 6.07) is 17.8. The summed E-state index contributed by atoms with van der Waals surface area (Å²) in [5, 5.41) is 1.14. The van der Waals surface area contributed by atoms with Crippen molar-refractivity contribution in [3.8, 4) is 11.1 Å². The molecule has 3 heteroatoms. The van der Waals surface area contributed by atoms with Crippen molar-refractivity contribution in [2.75, 3.05) is 5.12 Å². The maximum absolute atomic E-state index is 5.56. The Hall–Kier alpha value is -1.84. The second-order valence-corrected chi connectivity index (χ2v) is 3.29. The van der Waals surface area contributed by atoms with Gasteiger partial charge in [-0.1, -0.05) is 48.5 Å². The van der Waals surface area contributed by atoms with Crippen LogP contribution in [0, 0.1) is 0 Å². The molecule has 2 aromatic rings. The minimum atomic E-state index is 0.809. The molecule has 0 bridgehead atoms. The number of benzene rings is 2. The Morgan fingerprint density at radius 3 is 2.00 bits per heavy atom. The van der Waals surface area contributed by atoms with Gasteiger partial charge in [0.2, 0.25) is 0 Å². The fourth-order valence-electron chi connectivity index (χ4n) is 1.56. The molecule has 0 heterocycles. The summed E-state index contributed by atoms with van der Waals surface area (Å²) >= 11 is 0.